The van der Waals surface area contributed by atoms with Gasteiger partial charge in [0.25, 0.3) is 17.8 Å². The van der Waals surface area contributed by atoms with E-state index in [0.717, 1.165) is 25.7 Å². The Balaban J connectivity index is 0.000000281. The molecule has 3 N–H and O–H groups in total. The van der Waals surface area contributed by atoms with Crippen molar-refractivity contribution in [2.45, 2.75) is 328 Å². The molecule has 6 aliphatic heterocycles. The molecule has 3 radical (unpaired) electrons. The Kier molecular flexibility index (Phi) is 36.3. The fraction of sp³-hybridized carbons (Fsp3) is 0.667. The molecule has 0 spiro atoms. The van der Waals surface area contributed by atoms with E-state index in [4.69, 9.17) is 42.6 Å². The minimum Gasteiger partial charge on any atom is -0.540 e. The van der Waals surface area contributed by atoms with Crippen LogP contribution in [0.25, 0.3) is 33.1 Å². The molecule has 0 unspecified atom stereocenters. The number of rotatable bonds is 9. The van der Waals surface area contributed by atoms with E-state index in [2.05, 4.69) is 45.9 Å². The number of ether oxygens (including phenoxy) is 9. The summed E-state index contributed by atoms with van der Waals surface area (Å²) in [5.74, 6) is -12.9. The summed E-state index contributed by atoms with van der Waals surface area (Å²) < 4.78 is 148. The number of fused-ring (bicyclic) bond motifs is 15. The summed E-state index contributed by atoms with van der Waals surface area (Å²) >= 11 is 0. The van der Waals surface area contributed by atoms with Crippen molar-refractivity contribution in [3.05, 3.63) is 71.7 Å². The molecule has 9 heterocycles. The molecule has 138 heavy (non-hydrogen) atoms. The number of carbonyl (C=O) groups excluding carboxylic acids is 9. The number of nitrogens with zero attached hydrogens (tertiary/aromatic N) is 9. The van der Waals surface area contributed by atoms with E-state index < -0.39 is 190 Å². The van der Waals surface area contributed by atoms with Crippen molar-refractivity contribution < 1.29 is 172 Å². The van der Waals surface area contributed by atoms with Crippen LogP contribution in [0.5, 0.6) is 34.9 Å². The van der Waals surface area contributed by atoms with Crippen molar-refractivity contribution in [3.8, 4) is 34.9 Å². The molecule has 6 fully saturated rings. The average molecular weight is 2050 g/mol. The van der Waals surface area contributed by atoms with Crippen LogP contribution in [0.3, 0.4) is 0 Å². The summed E-state index contributed by atoms with van der Waals surface area (Å²) in [7, 11) is 4.48. The van der Waals surface area contributed by atoms with Crippen molar-refractivity contribution >= 4 is 88.0 Å². The quantitative estimate of drug-likeness (QED) is 0.0687. The maximum atomic E-state index is 16.1. The first kappa shape index (κ1) is 111. The molecular formula is C99H135F6N12O18V3-3. The number of carbonyl (C=O) groups is 6. The van der Waals surface area contributed by atoms with Crippen molar-refractivity contribution in [2.24, 2.45) is 51.8 Å². The topological polar surface area (TPSA) is 360 Å². The van der Waals surface area contributed by atoms with E-state index in [1.807, 2.05) is 95.0 Å². The van der Waals surface area contributed by atoms with Gasteiger partial charge in [-0.3, -0.25) is 14.4 Å². The summed E-state index contributed by atoms with van der Waals surface area (Å²) in [5, 5.41) is 8.35. The zero-order valence-corrected chi connectivity index (χ0v) is 85.8. The van der Waals surface area contributed by atoms with Crippen molar-refractivity contribution in [3.63, 3.8) is 0 Å². The van der Waals surface area contributed by atoms with E-state index in [9.17, 15) is 43.2 Å². The van der Waals surface area contributed by atoms with Gasteiger partial charge < -0.3 is 87.7 Å². The molecule has 30 nitrogen and oxygen atoms in total. The third-order valence-corrected chi connectivity index (χ3v) is 28.7. The molecule has 759 valence electrons. The first-order valence-electron chi connectivity index (χ1n) is 47.5. The molecule has 3 aliphatic carbocycles. The number of hydrogen-bond acceptors (Lipinski definition) is 24. The second-order valence-corrected chi connectivity index (χ2v) is 41.3. The van der Waals surface area contributed by atoms with Gasteiger partial charge in [0.05, 0.1) is 74.1 Å². The largest absolute Gasteiger partial charge is 0.540 e. The van der Waals surface area contributed by atoms with E-state index in [-0.39, 0.29) is 157 Å². The molecule has 6 bridgehead atoms. The smallest absolute Gasteiger partial charge is 0.408 e. The molecular weight excluding hydrogens is 1910 g/mol. The Morgan fingerprint density at radius 3 is 1.05 bits per heavy atom. The van der Waals surface area contributed by atoms with E-state index in [0.29, 0.717) is 111 Å². The van der Waals surface area contributed by atoms with Crippen molar-refractivity contribution in [1.82, 2.24) is 60.6 Å². The molecule has 39 heteroatoms. The Morgan fingerprint density at radius 2 is 0.717 bits per heavy atom. The van der Waals surface area contributed by atoms with Crippen LogP contribution in [-0.2, 0) is 116 Å². The zero-order valence-electron chi connectivity index (χ0n) is 81.6. The van der Waals surface area contributed by atoms with Gasteiger partial charge in [-0.15, -0.1) is 0 Å². The summed E-state index contributed by atoms with van der Waals surface area (Å²) in [6.07, 6.45) is 9.92. The number of halogens is 6. The van der Waals surface area contributed by atoms with Crippen LogP contribution in [0.1, 0.15) is 260 Å². The number of alkyl carbamates (subject to hydrolysis) is 3. The monoisotopic (exact) mass is 2050 g/mol. The van der Waals surface area contributed by atoms with Gasteiger partial charge in [0.2, 0.25) is 35.4 Å². The van der Waals surface area contributed by atoms with Crippen LogP contribution >= 0.6 is 0 Å². The third-order valence-electron chi connectivity index (χ3n) is 28.7. The van der Waals surface area contributed by atoms with E-state index >= 15 is 26.3 Å². The Labute approximate surface area is 842 Å². The summed E-state index contributed by atoms with van der Waals surface area (Å²) in [5.41, 5.74) is -3.77. The Hall–Kier alpha value is -8.96. The van der Waals surface area contributed by atoms with Gasteiger partial charge in [0.1, 0.15) is 71.0 Å². The first-order valence-corrected chi connectivity index (χ1v) is 47.5. The van der Waals surface area contributed by atoms with Gasteiger partial charge in [-0.25, -0.2) is 63.1 Å². The maximum absolute atomic E-state index is 16.1. The molecule has 3 aromatic carbocycles. The van der Waals surface area contributed by atoms with Crippen LogP contribution in [0.15, 0.2) is 54.6 Å². The SMILES string of the molecule is CC[C@@H]1[C@@H]2CN(C(=O)[C@H](C(C)(C)C)NC(=O)O[C@@H]3CCC[C@H]3CCCCC(F)(F)c3nc4ccc(OC)cc4nc3O2)[C@@H]1[C-]=O.CC[C@@H]1[C@@H]2CN(C(=O)[C@H](C(C)(C)C)NC(=O)O[C@]3(C)CCC[C@H]3CCCCC(F)(F)c3nc4ccc(OC)cc4nc3O2)[C@@H]1[C-]=O.CC[C@@H]1[C@@H]2CN(C(=O)[C@H](C(C)(C)C)NC(=O)O[C@]3(C)C[C@H]3CCCCC(F)(F)c3nc4ccc(OC)cc4nc3O2)[C@@H]1[C-]=O.[HH].[HH].[HH].[V].[V].[V]. The number of hydrogen-bond donors (Lipinski definition) is 3. The Bertz CT molecular complexity index is 5370. The molecule has 3 saturated heterocycles. The van der Waals surface area contributed by atoms with E-state index in [1.165, 1.54) is 36.0 Å². The van der Waals surface area contributed by atoms with Gasteiger partial charge in [0, 0.05) is 103 Å². The van der Waals surface area contributed by atoms with Gasteiger partial charge in [-0.05, 0) is 180 Å². The number of methoxy groups -OCH3 is 3. The number of aromatic nitrogens is 6. The summed E-state index contributed by atoms with van der Waals surface area (Å²) in [4.78, 5) is 149. The van der Waals surface area contributed by atoms with Crippen LogP contribution < -0.4 is 44.4 Å². The normalized spacial score (nSPS) is 29.7. The molecule has 15 rings (SSSR count). The Morgan fingerprint density at radius 1 is 0.399 bits per heavy atom. The number of amides is 6. The van der Waals surface area contributed by atoms with Crippen LogP contribution in [0, 0.1) is 51.8 Å². The van der Waals surface area contributed by atoms with Crippen molar-refractivity contribution in [2.75, 3.05) is 41.0 Å². The van der Waals surface area contributed by atoms with Gasteiger partial charge in [-0.2, -0.15) is 26.3 Å². The third kappa shape index (κ3) is 24.7. The summed E-state index contributed by atoms with van der Waals surface area (Å²) in [6, 6.07) is 8.22. The fourth-order valence-corrected chi connectivity index (χ4v) is 20.7. The number of nitrogens with one attached hydrogen (secondary N) is 3. The number of benzene rings is 3. The van der Waals surface area contributed by atoms with Crippen LogP contribution in [-0.4, -0.2) is 212 Å². The predicted octanol–water partition coefficient (Wildman–Crippen LogP) is 17.9. The molecule has 9 aliphatic rings. The predicted molar refractivity (Wildman–Crippen MR) is 492 cm³/mol. The van der Waals surface area contributed by atoms with E-state index in [1.54, 1.807) is 75.4 Å². The second-order valence-electron chi connectivity index (χ2n) is 41.3. The van der Waals surface area contributed by atoms with Gasteiger partial charge in [-0.1, -0.05) is 140 Å². The number of alkyl halides is 6. The molecule has 18 atom stereocenters. The standard InChI is InChI=1S/C34H45F2N4O6.C33H43F2N4O6.C32H41F2N4O6.3V.3H2/c1-7-22-25(19-41)40-18-26(22)45-29-27(37-23-14-13-21(44-6)17-24(23)38-29)34(35,36)16-9-8-11-20-12-10-15-33(20,5)46-31(43)39-28(30(40)42)32(2,3)4;1-6-21-24(18-40)39-17-26(21)44-29-27(36-22-14-13-20(43-5)16-23(22)37-29)33(34,35)15-8-7-10-19-11-9-12-25(19)45-31(42)38-28(30(39)41)32(2,3)4;1-7-20-23(17-39)38-16-24(20)43-27-25(35-21-12-11-19(42-6)14-22(21)36-27)32(33,34)13-9-8-10-18-15-31(18,5)44-29(41)37-26(28(38)40)30(2,3)4;;;;;;/h13-14,17,20,22,25-26,28H,7-12,15-16,18H2,1-6H3,(H,39,43);13-14,16,19,21,24-26,28H,6-12,15,17H2,1-5H3,(H,38,42);11-12,14,18,20,23-24,26H,7-10,13,15-16H2,1-6H3,(H,37,41);;;;3*1H/q3*-1;;;;;;/t20-,22+,25-,26+,28-,33-;19-,21+,24-,25-,26+,28-;18-,20+,23-,24+,26-,31-;;;;;;/m111....../s1. The van der Waals surface area contributed by atoms with Gasteiger partial charge in [0.15, 0.2) is 17.1 Å². The summed E-state index contributed by atoms with van der Waals surface area (Å²) in [6.45, 7) is 25.2. The minimum atomic E-state index is -3.37. The fourth-order valence-electron chi connectivity index (χ4n) is 20.7. The molecule has 6 aromatic rings. The average Bonchev–Trinajstić information content (AvgIpc) is 1.69. The first-order chi connectivity index (χ1) is 63.8. The molecule has 6 amide bonds. The second kappa shape index (κ2) is 45.1. The molecule has 3 aromatic heterocycles. The van der Waals surface area contributed by atoms with Crippen LogP contribution in [0.4, 0.5) is 40.7 Å². The molecule has 3 saturated carbocycles. The van der Waals surface area contributed by atoms with Crippen LogP contribution in [0.2, 0.25) is 0 Å². The van der Waals surface area contributed by atoms with Gasteiger partial charge >= 0.3 is 18.3 Å². The maximum Gasteiger partial charge on any atom is 0.408 e. The van der Waals surface area contributed by atoms with Crippen molar-refractivity contribution in [1.29, 1.82) is 0 Å². The minimum absolute atomic E-state index is 0. The zero-order chi connectivity index (χ0) is 98.0.